The molecule has 2 N–H and O–H groups in total. The summed E-state index contributed by atoms with van der Waals surface area (Å²) >= 11 is 0. The Kier molecular flexibility index (Phi) is 2.71. The van der Waals surface area contributed by atoms with E-state index < -0.39 is 0 Å². The summed E-state index contributed by atoms with van der Waals surface area (Å²) in [7, 11) is 0. The van der Waals surface area contributed by atoms with Gasteiger partial charge in [-0.1, -0.05) is 5.16 Å². The first-order valence-electron chi connectivity index (χ1n) is 5.99. The largest absolute Gasteiger partial charge is 0.355 e. The molecule has 6 heteroatoms. The molecule has 2 aromatic heterocycles. The average molecular weight is 245 g/mol. The Balaban J connectivity index is 1.81. The van der Waals surface area contributed by atoms with Crippen LogP contribution in [0.25, 0.3) is 11.5 Å². The van der Waals surface area contributed by atoms with Crippen molar-refractivity contribution in [3.05, 3.63) is 24.2 Å². The molecule has 0 radical (unpaired) electrons. The summed E-state index contributed by atoms with van der Waals surface area (Å²) in [5.41, 5.74) is 6.72. The molecule has 0 unspecified atom stereocenters. The van der Waals surface area contributed by atoms with Gasteiger partial charge in [-0.3, -0.25) is 0 Å². The maximum Gasteiger partial charge on any atom is 0.259 e. The standard InChI is InChI=1S/C12H15N5O/c1-8-15-12(18-16-8)9-2-3-11(14-6-9)17-5-4-10(13)7-17/h2-3,6,10H,4-5,7,13H2,1H3/t10-/m0/s1. The molecule has 18 heavy (non-hydrogen) atoms. The van der Waals surface area contributed by atoms with Crippen molar-refractivity contribution in [3.8, 4) is 11.5 Å². The van der Waals surface area contributed by atoms with Crippen LogP contribution in [0.2, 0.25) is 0 Å². The Morgan fingerprint density at radius 2 is 2.33 bits per heavy atom. The molecule has 0 spiro atoms. The van der Waals surface area contributed by atoms with Crippen molar-refractivity contribution in [1.82, 2.24) is 15.1 Å². The summed E-state index contributed by atoms with van der Waals surface area (Å²) in [5.74, 6) is 2.08. The fraction of sp³-hybridized carbons (Fsp3) is 0.417. The van der Waals surface area contributed by atoms with E-state index in [0.717, 1.165) is 30.9 Å². The van der Waals surface area contributed by atoms with Gasteiger partial charge in [-0.25, -0.2) is 4.98 Å². The molecule has 1 aliphatic rings. The summed E-state index contributed by atoms with van der Waals surface area (Å²) in [6.45, 7) is 3.62. The van der Waals surface area contributed by atoms with E-state index in [1.165, 1.54) is 0 Å². The van der Waals surface area contributed by atoms with Crippen LogP contribution in [0, 0.1) is 6.92 Å². The minimum absolute atomic E-state index is 0.255. The van der Waals surface area contributed by atoms with E-state index in [1.807, 2.05) is 12.1 Å². The van der Waals surface area contributed by atoms with Crippen molar-refractivity contribution in [2.75, 3.05) is 18.0 Å². The summed E-state index contributed by atoms with van der Waals surface area (Å²) in [4.78, 5) is 10.8. The third-order valence-electron chi connectivity index (χ3n) is 3.07. The van der Waals surface area contributed by atoms with Gasteiger partial charge in [0.15, 0.2) is 5.82 Å². The zero-order valence-corrected chi connectivity index (χ0v) is 10.2. The van der Waals surface area contributed by atoms with Crippen molar-refractivity contribution in [2.24, 2.45) is 5.73 Å². The van der Waals surface area contributed by atoms with Gasteiger partial charge in [0.2, 0.25) is 0 Å². The van der Waals surface area contributed by atoms with Crippen molar-refractivity contribution in [3.63, 3.8) is 0 Å². The second-order valence-corrected chi connectivity index (χ2v) is 4.55. The predicted molar refractivity (Wildman–Crippen MR) is 67.1 cm³/mol. The van der Waals surface area contributed by atoms with Gasteiger partial charge in [-0.2, -0.15) is 4.98 Å². The number of aryl methyl sites for hydroxylation is 1. The second kappa shape index (κ2) is 4.38. The van der Waals surface area contributed by atoms with Gasteiger partial charge in [0.1, 0.15) is 5.82 Å². The molecule has 0 amide bonds. The zero-order valence-electron chi connectivity index (χ0n) is 10.2. The number of nitrogens with two attached hydrogens (primary N) is 1. The van der Waals surface area contributed by atoms with E-state index in [0.29, 0.717) is 11.7 Å². The zero-order chi connectivity index (χ0) is 12.5. The van der Waals surface area contributed by atoms with Gasteiger partial charge in [-0.15, -0.1) is 0 Å². The molecule has 1 fully saturated rings. The van der Waals surface area contributed by atoms with E-state index in [-0.39, 0.29) is 6.04 Å². The van der Waals surface area contributed by atoms with Crippen molar-refractivity contribution >= 4 is 5.82 Å². The average Bonchev–Trinajstić information content (AvgIpc) is 2.98. The highest BCUT2D eigenvalue weighted by atomic mass is 16.5. The highest BCUT2D eigenvalue weighted by molar-refractivity contribution is 5.54. The van der Waals surface area contributed by atoms with Crippen LogP contribution in [-0.4, -0.2) is 34.3 Å². The summed E-state index contributed by atoms with van der Waals surface area (Å²) in [6.07, 6.45) is 2.78. The molecular formula is C12H15N5O. The Morgan fingerprint density at radius 1 is 1.44 bits per heavy atom. The number of aromatic nitrogens is 3. The van der Waals surface area contributed by atoms with Crippen LogP contribution in [0.3, 0.4) is 0 Å². The molecule has 3 heterocycles. The molecular weight excluding hydrogens is 230 g/mol. The topological polar surface area (TPSA) is 81.1 Å². The summed E-state index contributed by atoms with van der Waals surface area (Å²) in [5, 5.41) is 3.76. The van der Waals surface area contributed by atoms with Crippen molar-refractivity contribution < 1.29 is 4.52 Å². The maximum atomic E-state index is 5.88. The van der Waals surface area contributed by atoms with Gasteiger partial charge in [0.05, 0.1) is 5.56 Å². The molecule has 2 aromatic rings. The van der Waals surface area contributed by atoms with E-state index in [4.69, 9.17) is 10.3 Å². The minimum Gasteiger partial charge on any atom is -0.355 e. The van der Waals surface area contributed by atoms with Crippen LogP contribution in [0.4, 0.5) is 5.82 Å². The Bertz CT molecular complexity index is 536. The fourth-order valence-corrected chi connectivity index (χ4v) is 2.11. The van der Waals surface area contributed by atoms with Gasteiger partial charge < -0.3 is 15.2 Å². The van der Waals surface area contributed by atoms with E-state index in [9.17, 15) is 0 Å². The second-order valence-electron chi connectivity index (χ2n) is 4.55. The first-order chi connectivity index (χ1) is 8.72. The number of rotatable bonds is 2. The highest BCUT2D eigenvalue weighted by Crippen LogP contribution is 2.21. The molecule has 0 aromatic carbocycles. The molecule has 94 valence electrons. The number of anilines is 1. The van der Waals surface area contributed by atoms with Crippen LogP contribution in [0.15, 0.2) is 22.9 Å². The highest BCUT2D eigenvalue weighted by Gasteiger charge is 2.20. The lowest BCUT2D eigenvalue weighted by Gasteiger charge is -2.16. The van der Waals surface area contributed by atoms with Crippen LogP contribution < -0.4 is 10.6 Å². The lowest BCUT2D eigenvalue weighted by atomic mass is 10.3. The van der Waals surface area contributed by atoms with Crippen LogP contribution in [-0.2, 0) is 0 Å². The van der Waals surface area contributed by atoms with Crippen LogP contribution in [0.1, 0.15) is 12.2 Å². The predicted octanol–water partition coefficient (Wildman–Crippen LogP) is 0.977. The van der Waals surface area contributed by atoms with Gasteiger partial charge in [0, 0.05) is 25.3 Å². The maximum absolute atomic E-state index is 5.88. The fourth-order valence-electron chi connectivity index (χ4n) is 2.11. The smallest absolute Gasteiger partial charge is 0.259 e. The first-order valence-corrected chi connectivity index (χ1v) is 5.99. The molecule has 6 nitrogen and oxygen atoms in total. The van der Waals surface area contributed by atoms with Gasteiger partial charge in [-0.05, 0) is 25.5 Å². The van der Waals surface area contributed by atoms with Crippen LogP contribution >= 0.6 is 0 Å². The number of hydrogen-bond donors (Lipinski definition) is 1. The molecule has 0 aliphatic carbocycles. The SMILES string of the molecule is Cc1noc(-c2ccc(N3CC[C@H](N)C3)nc2)n1. The monoisotopic (exact) mass is 245 g/mol. The van der Waals surface area contributed by atoms with E-state index >= 15 is 0 Å². The summed E-state index contributed by atoms with van der Waals surface area (Å²) in [6, 6.07) is 4.16. The molecule has 3 rings (SSSR count). The third kappa shape index (κ3) is 2.06. The normalized spacial score (nSPS) is 19.4. The number of hydrogen-bond acceptors (Lipinski definition) is 6. The van der Waals surface area contributed by atoms with E-state index in [1.54, 1.807) is 13.1 Å². The Labute approximate surface area is 105 Å². The summed E-state index contributed by atoms with van der Waals surface area (Å²) < 4.78 is 5.10. The quantitative estimate of drug-likeness (QED) is 0.849. The van der Waals surface area contributed by atoms with Crippen molar-refractivity contribution in [1.29, 1.82) is 0 Å². The lowest BCUT2D eigenvalue weighted by molar-refractivity contribution is 0.425. The van der Waals surface area contributed by atoms with Crippen LogP contribution in [0.5, 0.6) is 0 Å². The first kappa shape index (κ1) is 11.2. The molecule has 0 saturated carbocycles. The Morgan fingerprint density at radius 3 is 2.89 bits per heavy atom. The van der Waals surface area contributed by atoms with Gasteiger partial charge >= 0.3 is 0 Å². The minimum atomic E-state index is 0.255. The van der Waals surface area contributed by atoms with Crippen molar-refractivity contribution in [2.45, 2.75) is 19.4 Å². The third-order valence-corrected chi connectivity index (χ3v) is 3.07. The van der Waals surface area contributed by atoms with Gasteiger partial charge in [0.25, 0.3) is 5.89 Å². The number of pyridine rings is 1. The van der Waals surface area contributed by atoms with E-state index in [2.05, 4.69) is 20.0 Å². The molecule has 1 atom stereocenters. The Hall–Kier alpha value is -1.95. The number of nitrogens with zero attached hydrogens (tertiary/aromatic N) is 4. The molecule has 0 bridgehead atoms. The molecule has 1 saturated heterocycles. The molecule has 1 aliphatic heterocycles. The lowest BCUT2D eigenvalue weighted by Crippen LogP contribution is -2.26.